The van der Waals surface area contributed by atoms with E-state index in [-0.39, 0.29) is 23.8 Å². The molecule has 0 atom stereocenters. The number of nitrogens with zero attached hydrogens (tertiary/aromatic N) is 1. The van der Waals surface area contributed by atoms with Crippen LogP contribution in [0.25, 0.3) is 11.1 Å². The highest BCUT2D eigenvalue weighted by molar-refractivity contribution is 5.78. The molecule has 2 aromatic carbocycles. The summed E-state index contributed by atoms with van der Waals surface area (Å²) >= 11 is 0. The molecule has 32 heavy (non-hydrogen) atoms. The molecule has 0 saturated carbocycles. The quantitative estimate of drug-likeness (QED) is 0.599. The molecule has 5 rings (SSSR count). The third-order valence-corrected chi connectivity index (χ3v) is 5.84. The number of hydrogen-bond donors (Lipinski definition) is 2. The average Bonchev–Trinajstić information content (AvgIpc) is 3.36. The molecule has 2 aliphatic heterocycles. The molecule has 3 aromatic rings. The van der Waals surface area contributed by atoms with Crippen molar-refractivity contribution in [3.05, 3.63) is 69.5 Å². The van der Waals surface area contributed by atoms with Crippen LogP contribution in [0.3, 0.4) is 0 Å². The van der Waals surface area contributed by atoms with E-state index in [1.807, 2.05) is 12.1 Å². The average molecular weight is 447 g/mol. The standard InChI is InChI=1S/C12H14N2O2.C11H10F3NO/c15-12-14-10-2-1-9(7-11(10)16-12)8-3-5-13-6-4-8;12-8-4-7(5-9(13)11(8)14)6-15-3-1-2-10(15)16/h1-2,7-8,13H,3-6H2,(H,14,15);4-5H,1-3,6H2. The molecule has 3 heterocycles. The number of hydrogen-bond acceptors (Lipinski definition) is 4. The Kier molecular flexibility index (Phi) is 6.64. The summed E-state index contributed by atoms with van der Waals surface area (Å²) in [5.74, 6) is -3.74. The van der Waals surface area contributed by atoms with E-state index < -0.39 is 17.5 Å². The van der Waals surface area contributed by atoms with Gasteiger partial charge < -0.3 is 14.6 Å². The van der Waals surface area contributed by atoms with Gasteiger partial charge in [-0.1, -0.05) is 6.07 Å². The number of likely N-dealkylation sites (tertiary alicyclic amines) is 1. The molecular formula is C23H24F3N3O3. The van der Waals surface area contributed by atoms with Crippen molar-refractivity contribution >= 4 is 17.0 Å². The molecule has 2 aliphatic rings. The molecule has 6 nitrogen and oxygen atoms in total. The first-order valence-corrected chi connectivity index (χ1v) is 10.7. The molecule has 2 N–H and O–H groups in total. The second kappa shape index (κ2) is 9.60. The van der Waals surface area contributed by atoms with Crippen LogP contribution in [0.2, 0.25) is 0 Å². The number of piperidine rings is 1. The van der Waals surface area contributed by atoms with Crippen molar-refractivity contribution in [3.63, 3.8) is 0 Å². The lowest BCUT2D eigenvalue weighted by atomic mass is 9.90. The van der Waals surface area contributed by atoms with Crippen LogP contribution in [0.5, 0.6) is 0 Å². The largest absolute Gasteiger partial charge is 0.417 e. The number of rotatable bonds is 3. The van der Waals surface area contributed by atoms with E-state index in [4.69, 9.17) is 4.42 Å². The van der Waals surface area contributed by atoms with Crippen molar-refractivity contribution in [1.29, 1.82) is 0 Å². The Bertz CT molecular complexity index is 1140. The predicted molar refractivity (Wildman–Crippen MR) is 113 cm³/mol. The summed E-state index contributed by atoms with van der Waals surface area (Å²) in [7, 11) is 0. The lowest BCUT2D eigenvalue weighted by Gasteiger charge is -2.22. The molecule has 0 bridgehead atoms. The van der Waals surface area contributed by atoms with Crippen molar-refractivity contribution in [1.82, 2.24) is 15.2 Å². The number of fused-ring (bicyclic) bond motifs is 1. The first-order valence-electron chi connectivity index (χ1n) is 10.7. The number of halogens is 3. The summed E-state index contributed by atoms with van der Waals surface area (Å²) in [5, 5.41) is 3.35. The number of benzene rings is 2. The maximum absolute atomic E-state index is 12.9. The Morgan fingerprint density at radius 1 is 1.03 bits per heavy atom. The molecular weight excluding hydrogens is 423 g/mol. The van der Waals surface area contributed by atoms with Crippen LogP contribution in [0.15, 0.2) is 39.5 Å². The highest BCUT2D eigenvalue weighted by atomic mass is 19.2. The number of amides is 1. The van der Waals surface area contributed by atoms with Crippen molar-refractivity contribution in [3.8, 4) is 0 Å². The minimum atomic E-state index is -1.48. The molecule has 2 fully saturated rings. The summed E-state index contributed by atoms with van der Waals surface area (Å²) in [5.41, 5.74) is 2.99. The van der Waals surface area contributed by atoms with Gasteiger partial charge in [-0.3, -0.25) is 9.78 Å². The molecule has 0 spiro atoms. The van der Waals surface area contributed by atoms with Gasteiger partial charge in [-0.25, -0.2) is 18.0 Å². The predicted octanol–water partition coefficient (Wildman–Crippen LogP) is 3.81. The highest BCUT2D eigenvalue weighted by Gasteiger charge is 2.21. The maximum Gasteiger partial charge on any atom is 0.417 e. The van der Waals surface area contributed by atoms with Crippen LogP contribution in [-0.4, -0.2) is 35.4 Å². The molecule has 0 radical (unpaired) electrons. The monoisotopic (exact) mass is 447 g/mol. The Labute approximate surface area is 182 Å². The summed E-state index contributed by atoms with van der Waals surface area (Å²) in [4.78, 5) is 26.5. The smallest absolute Gasteiger partial charge is 0.408 e. The first-order chi connectivity index (χ1) is 15.4. The lowest BCUT2D eigenvalue weighted by Crippen LogP contribution is -2.26. The minimum absolute atomic E-state index is 0.0369. The number of oxazole rings is 1. The summed E-state index contributed by atoms with van der Waals surface area (Å²) in [6.07, 6.45) is 3.53. The number of carbonyl (C=O) groups is 1. The van der Waals surface area contributed by atoms with Crippen molar-refractivity contribution < 1.29 is 22.4 Å². The lowest BCUT2D eigenvalue weighted by molar-refractivity contribution is -0.128. The number of carbonyl (C=O) groups excluding carboxylic acids is 1. The maximum atomic E-state index is 12.9. The first kappa shape index (κ1) is 22.1. The fourth-order valence-electron chi connectivity index (χ4n) is 4.16. The second-order valence-corrected chi connectivity index (χ2v) is 8.09. The van der Waals surface area contributed by atoms with Crippen LogP contribution >= 0.6 is 0 Å². The molecule has 1 amide bonds. The topological polar surface area (TPSA) is 78.3 Å². The fourth-order valence-corrected chi connectivity index (χ4v) is 4.16. The van der Waals surface area contributed by atoms with Crippen molar-refractivity contribution in [2.75, 3.05) is 19.6 Å². The van der Waals surface area contributed by atoms with E-state index in [1.54, 1.807) is 0 Å². The molecule has 9 heteroatoms. The fraction of sp³-hybridized carbons (Fsp3) is 0.391. The number of aromatic nitrogens is 1. The van der Waals surface area contributed by atoms with E-state index in [9.17, 15) is 22.8 Å². The van der Waals surface area contributed by atoms with Gasteiger partial charge in [-0.2, -0.15) is 0 Å². The zero-order valence-electron chi connectivity index (χ0n) is 17.4. The van der Waals surface area contributed by atoms with Crippen LogP contribution in [0.4, 0.5) is 13.2 Å². The normalized spacial score (nSPS) is 17.0. The molecule has 0 unspecified atom stereocenters. The SMILES string of the molecule is O=C1CCCN1Cc1cc(F)c(F)c(F)c1.O=c1[nH]c2ccc(C3CCNCC3)cc2o1. The Balaban J connectivity index is 0.000000153. The van der Waals surface area contributed by atoms with Crippen LogP contribution in [0.1, 0.15) is 42.7 Å². The summed E-state index contributed by atoms with van der Waals surface area (Å²) in [6.45, 7) is 2.85. The van der Waals surface area contributed by atoms with Gasteiger partial charge >= 0.3 is 5.76 Å². The minimum Gasteiger partial charge on any atom is -0.408 e. The molecule has 1 aromatic heterocycles. The van der Waals surface area contributed by atoms with Gasteiger partial charge in [-0.05, 0) is 73.7 Å². The van der Waals surface area contributed by atoms with Gasteiger partial charge in [0.1, 0.15) is 0 Å². The third kappa shape index (κ3) is 5.04. The van der Waals surface area contributed by atoms with Gasteiger partial charge in [-0.15, -0.1) is 0 Å². The van der Waals surface area contributed by atoms with Gasteiger partial charge in [0.2, 0.25) is 5.91 Å². The zero-order chi connectivity index (χ0) is 22.7. The van der Waals surface area contributed by atoms with Crippen molar-refractivity contribution in [2.24, 2.45) is 0 Å². The zero-order valence-corrected chi connectivity index (χ0v) is 17.4. The molecule has 170 valence electrons. The van der Waals surface area contributed by atoms with Crippen LogP contribution < -0.4 is 11.1 Å². The number of nitrogens with one attached hydrogen (secondary N) is 2. The van der Waals surface area contributed by atoms with E-state index in [1.165, 1.54) is 10.5 Å². The van der Waals surface area contributed by atoms with Gasteiger partial charge in [0.05, 0.1) is 5.52 Å². The van der Waals surface area contributed by atoms with Crippen molar-refractivity contribution in [2.45, 2.75) is 38.1 Å². The van der Waals surface area contributed by atoms with E-state index >= 15 is 0 Å². The van der Waals surface area contributed by atoms with Gasteiger partial charge in [0, 0.05) is 19.5 Å². The summed E-state index contributed by atoms with van der Waals surface area (Å²) < 4.78 is 43.5. The Hall–Kier alpha value is -3.07. The van der Waals surface area contributed by atoms with E-state index in [0.29, 0.717) is 24.5 Å². The number of aromatic amines is 1. The highest BCUT2D eigenvalue weighted by Crippen LogP contribution is 2.27. The second-order valence-electron chi connectivity index (χ2n) is 8.09. The molecule has 2 saturated heterocycles. The Morgan fingerprint density at radius 2 is 1.75 bits per heavy atom. The van der Waals surface area contributed by atoms with Crippen LogP contribution in [-0.2, 0) is 11.3 Å². The Morgan fingerprint density at radius 3 is 2.41 bits per heavy atom. The van der Waals surface area contributed by atoms with E-state index in [0.717, 1.165) is 50.0 Å². The number of H-pyrrole nitrogens is 1. The van der Waals surface area contributed by atoms with Gasteiger partial charge in [0.15, 0.2) is 23.0 Å². The third-order valence-electron chi connectivity index (χ3n) is 5.84. The van der Waals surface area contributed by atoms with E-state index in [2.05, 4.69) is 16.4 Å². The van der Waals surface area contributed by atoms with Gasteiger partial charge in [0.25, 0.3) is 0 Å². The molecule has 0 aliphatic carbocycles. The summed E-state index contributed by atoms with van der Waals surface area (Å²) in [6, 6.07) is 7.85. The van der Waals surface area contributed by atoms with Crippen LogP contribution in [0, 0.1) is 17.5 Å².